The summed E-state index contributed by atoms with van der Waals surface area (Å²) in [6.07, 6.45) is 4.85. The van der Waals surface area contributed by atoms with Crippen LogP contribution in [0.1, 0.15) is 35.2 Å². The Hall–Kier alpha value is -2.13. The van der Waals surface area contributed by atoms with E-state index in [-0.39, 0.29) is 11.8 Å². The van der Waals surface area contributed by atoms with Crippen LogP contribution < -0.4 is 5.73 Å². The van der Waals surface area contributed by atoms with E-state index in [2.05, 4.69) is 0 Å². The van der Waals surface area contributed by atoms with E-state index >= 15 is 0 Å². The second-order valence-electron chi connectivity index (χ2n) is 4.74. The first kappa shape index (κ1) is 14.3. The van der Waals surface area contributed by atoms with Crippen molar-refractivity contribution in [2.24, 2.45) is 5.73 Å². The Labute approximate surface area is 119 Å². The molecule has 2 N–H and O–H groups in total. The molecule has 0 bridgehead atoms. The largest absolute Gasteiger partial charge is 0.462 e. The fourth-order valence-corrected chi connectivity index (χ4v) is 1.85. The fourth-order valence-electron chi connectivity index (χ4n) is 1.85. The Morgan fingerprint density at radius 2 is 2.00 bits per heavy atom. The van der Waals surface area contributed by atoms with Crippen LogP contribution in [0.5, 0.6) is 0 Å². The van der Waals surface area contributed by atoms with Crippen molar-refractivity contribution in [2.45, 2.75) is 25.8 Å². The van der Waals surface area contributed by atoms with Crippen LogP contribution in [0.2, 0.25) is 0 Å². The molecular formula is C17H19NO2. The van der Waals surface area contributed by atoms with Gasteiger partial charge in [-0.25, -0.2) is 0 Å². The zero-order chi connectivity index (χ0) is 14.4. The van der Waals surface area contributed by atoms with E-state index in [1.165, 1.54) is 6.08 Å². The van der Waals surface area contributed by atoms with Gasteiger partial charge in [-0.05, 0) is 30.7 Å². The zero-order valence-electron chi connectivity index (χ0n) is 11.6. The Morgan fingerprint density at radius 1 is 1.25 bits per heavy atom. The van der Waals surface area contributed by atoms with Crippen molar-refractivity contribution in [2.75, 3.05) is 0 Å². The third-order valence-electron chi connectivity index (χ3n) is 3.13. The first-order chi connectivity index (χ1) is 9.69. The average Bonchev–Trinajstić information content (AvgIpc) is 2.93. The van der Waals surface area contributed by atoms with Crippen molar-refractivity contribution in [3.63, 3.8) is 0 Å². The van der Waals surface area contributed by atoms with Crippen molar-refractivity contribution in [1.82, 2.24) is 0 Å². The maximum atomic E-state index is 11.9. The second-order valence-corrected chi connectivity index (χ2v) is 4.74. The van der Waals surface area contributed by atoms with Crippen LogP contribution in [0, 0.1) is 0 Å². The molecule has 0 fully saturated rings. The summed E-state index contributed by atoms with van der Waals surface area (Å²) < 4.78 is 5.62. The van der Waals surface area contributed by atoms with Gasteiger partial charge in [0.1, 0.15) is 11.5 Å². The van der Waals surface area contributed by atoms with Gasteiger partial charge in [-0.15, -0.1) is 0 Å². The van der Waals surface area contributed by atoms with Crippen LogP contribution >= 0.6 is 0 Å². The number of hydrogen-bond acceptors (Lipinski definition) is 3. The highest BCUT2D eigenvalue weighted by molar-refractivity contribution is 6.06. The van der Waals surface area contributed by atoms with Gasteiger partial charge in [0.2, 0.25) is 0 Å². The summed E-state index contributed by atoms with van der Waals surface area (Å²) in [7, 11) is 0. The van der Waals surface area contributed by atoms with Gasteiger partial charge in [0.25, 0.3) is 0 Å². The molecule has 1 atom stereocenters. The monoisotopic (exact) mass is 269 g/mol. The van der Waals surface area contributed by atoms with Gasteiger partial charge in [-0.3, -0.25) is 4.79 Å². The number of nitrogens with two attached hydrogens (primary N) is 1. The van der Waals surface area contributed by atoms with Gasteiger partial charge in [0, 0.05) is 18.0 Å². The van der Waals surface area contributed by atoms with Crippen LogP contribution in [-0.4, -0.2) is 11.8 Å². The minimum absolute atomic E-state index is 0.0335. The van der Waals surface area contributed by atoms with E-state index in [0.717, 1.165) is 18.6 Å². The number of carbonyl (C=O) groups excluding carboxylic acids is 1. The van der Waals surface area contributed by atoms with Crippen LogP contribution in [0.15, 0.2) is 53.0 Å². The minimum atomic E-state index is -0.0335. The predicted molar refractivity (Wildman–Crippen MR) is 80.5 cm³/mol. The quantitative estimate of drug-likeness (QED) is 0.645. The summed E-state index contributed by atoms with van der Waals surface area (Å²) in [6.45, 7) is 2.05. The SMILES string of the molecule is CCC(N)Cc1ccc(/C=C/C(=O)c2ccccc2)o1. The molecule has 2 aromatic rings. The summed E-state index contributed by atoms with van der Waals surface area (Å²) in [4.78, 5) is 11.9. The zero-order valence-corrected chi connectivity index (χ0v) is 11.6. The van der Waals surface area contributed by atoms with Crippen molar-refractivity contribution in [3.05, 3.63) is 65.6 Å². The molecule has 0 spiro atoms. The summed E-state index contributed by atoms with van der Waals surface area (Å²) in [6, 6.07) is 13.0. The molecule has 1 aromatic heterocycles. The van der Waals surface area contributed by atoms with Crippen molar-refractivity contribution < 1.29 is 9.21 Å². The fraction of sp³-hybridized carbons (Fsp3) is 0.235. The van der Waals surface area contributed by atoms with Crippen molar-refractivity contribution in [3.8, 4) is 0 Å². The van der Waals surface area contributed by atoms with Gasteiger partial charge in [0.05, 0.1) is 0 Å². The molecule has 0 saturated heterocycles. The first-order valence-corrected chi connectivity index (χ1v) is 6.80. The third-order valence-corrected chi connectivity index (χ3v) is 3.13. The molecule has 0 saturated carbocycles. The van der Waals surface area contributed by atoms with E-state index in [0.29, 0.717) is 11.3 Å². The molecule has 20 heavy (non-hydrogen) atoms. The molecule has 0 aliphatic carbocycles. The molecule has 1 heterocycles. The maximum absolute atomic E-state index is 11.9. The molecular weight excluding hydrogens is 250 g/mol. The molecule has 104 valence electrons. The maximum Gasteiger partial charge on any atom is 0.185 e. The molecule has 2 rings (SSSR count). The lowest BCUT2D eigenvalue weighted by Gasteiger charge is -2.04. The van der Waals surface area contributed by atoms with Gasteiger partial charge in [0.15, 0.2) is 5.78 Å². The number of furan rings is 1. The topological polar surface area (TPSA) is 56.2 Å². The summed E-state index contributed by atoms with van der Waals surface area (Å²) in [5.74, 6) is 1.49. The Morgan fingerprint density at radius 3 is 2.70 bits per heavy atom. The van der Waals surface area contributed by atoms with Crippen LogP contribution in [-0.2, 0) is 6.42 Å². The summed E-state index contributed by atoms with van der Waals surface area (Å²) in [5, 5.41) is 0. The smallest absolute Gasteiger partial charge is 0.185 e. The van der Waals surface area contributed by atoms with Gasteiger partial charge < -0.3 is 10.2 Å². The van der Waals surface area contributed by atoms with E-state index in [4.69, 9.17) is 10.2 Å². The molecule has 0 aliphatic heterocycles. The summed E-state index contributed by atoms with van der Waals surface area (Å²) in [5.41, 5.74) is 6.55. The molecule has 0 radical (unpaired) electrons. The van der Waals surface area contributed by atoms with Crippen molar-refractivity contribution >= 4 is 11.9 Å². The van der Waals surface area contributed by atoms with Crippen LogP contribution in [0.3, 0.4) is 0 Å². The Bertz CT molecular complexity index is 584. The third kappa shape index (κ3) is 3.93. The van der Waals surface area contributed by atoms with Gasteiger partial charge in [-0.1, -0.05) is 37.3 Å². The highest BCUT2D eigenvalue weighted by Gasteiger charge is 2.06. The van der Waals surface area contributed by atoms with E-state index in [9.17, 15) is 4.79 Å². The van der Waals surface area contributed by atoms with E-state index < -0.39 is 0 Å². The Balaban J connectivity index is 2.00. The number of carbonyl (C=O) groups is 1. The average molecular weight is 269 g/mol. The number of ketones is 1. The number of hydrogen-bond donors (Lipinski definition) is 1. The molecule has 1 unspecified atom stereocenters. The predicted octanol–water partition coefficient (Wildman–Crippen LogP) is 3.46. The molecule has 3 heteroatoms. The summed E-state index contributed by atoms with van der Waals surface area (Å²) >= 11 is 0. The standard InChI is InChI=1S/C17H19NO2/c1-2-14(18)12-16-9-8-15(20-16)10-11-17(19)13-6-4-3-5-7-13/h3-11,14H,2,12,18H2,1H3/b11-10+. The lowest BCUT2D eigenvalue weighted by Crippen LogP contribution is -2.20. The van der Waals surface area contributed by atoms with Gasteiger partial charge >= 0.3 is 0 Å². The highest BCUT2D eigenvalue weighted by Crippen LogP contribution is 2.13. The van der Waals surface area contributed by atoms with E-state index in [1.54, 1.807) is 18.2 Å². The van der Waals surface area contributed by atoms with Gasteiger partial charge in [-0.2, -0.15) is 0 Å². The Kier molecular flexibility index (Phi) is 4.91. The number of rotatable bonds is 6. The minimum Gasteiger partial charge on any atom is -0.462 e. The molecule has 3 nitrogen and oxygen atoms in total. The molecule has 1 aromatic carbocycles. The first-order valence-electron chi connectivity index (χ1n) is 6.80. The highest BCUT2D eigenvalue weighted by atomic mass is 16.3. The number of allylic oxidation sites excluding steroid dienone is 1. The normalized spacial score (nSPS) is 12.7. The lowest BCUT2D eigenvalue weighted by atomic mass is 10.1. The second kappa shape index (κ2) is 6.87. The number of benzene rings is 1. The van der Waals surface area contributed by atoms with Crippen LogP contribution in [0.25, 0.3) is 6.08 Å². The van der Waals surface area contributed by atoms with Crippen LogP contribution in [0.4, 0.5) is 0 Å². The molecule has 0 aliphatic rings. The van der Waals surface area contributed by atoms with Crippen molar-refractivity contribution in [1.29, 1.82) is 0 Å². The lowest BCUT2D eigenvalue weighted by molar-refractivity contribution is 0.104. The molecule has 0 amide bonds. The van der Waals surface area contributed by atoms with E-state index in [1.807, 2.05) is 37.3 Å².